The number of aryl methyl sites for hydroxylation is 2. The van der Waals surface area contributed by atoms with Crippen LogP contribution in [0.25, 0.3) is 0 Å². The third-order valence-electron chi connectivity index (χ3n) is 5.87. The molecule has 1 unspecified atom stereocenters. The first-order valence-corrected chi connectivity index (χ1v) is 11.0. The maximum absolute atomic E-state index is 12.4. The van der Waals surface area contributed by atoms with Crippen molar-refractivity contribution in [1.82, 2.24) is 10.2 Å². The van der Waals surface area contributed by atoms with Crippen LogP contribution in [0.1, 0.15) is 61.3 Å². The van der Waals surface area contributed by atoms with Crippen molar-refractivity contribution in [2.24, 2.45) is 5.41 Å². The van der Waals surface area contributed by atoms with Crippen LogP contribution < -0.4 is 10.2 Å². The van der Waals surface area contributed by atoms with Gasteiger partial charge in [-0.15, -0.1) is 0 Å². The number of nitrogens with one attached hydrogen (secondary N) is 2. The minimum absolute atomic E-state index is 0.0270. The molecule has 0 aliphatic carbocycles. The summed E-state index contributed by atoms with van der Waals surface area (Å²) in [5.74, 6) is 0.0640. The number of aromatic amines is 1. The Morgan fingerprint density at radius 1 is 1.16 bits per heavy atom. The fourth-order valence-electron chi connectivity index (χ4n) is 4.56. The molecule has 1 atom stereocenters. The van der Waals surface area contributed by atoms with Gasteiger partial charge in [-0.2, -0.15) is 5.10 Å². The highest BCUT2D eigenvalue weighted by atomic mass is 16.1. The van der Waals surface area contributed by atoms with Gasteiger partial charge in [0.1, 0.15) is 0 Å². The summed E-state index contributed by atoms with van der Waals surface area (Å²) in [5, 5.41) is 10.7. The van der Waals surface area contributed by atoms with Crippen LogP contribution in [0.5, 0.6) is 0 Å². The fraction of sp³-hybridized carbons (Fsp3) is 0.385. The van der Waals surface area contributed by atoms with E-state index in [9.17, 15) is 4.79 Å². The lowest BCUT2D eigenvalue weighted by molar-refractivity contribution is -0.117. The second kappa shape index (κ2) is 8.22. The summed E-state index contributed by atoms with van der Waals surface area (Å²) in [7, 11) is 0. The predicted octanol–water partition coefficient (Wildman–Crippen LogP) is 5.55. The molecule has 5 nitrogen and oxygen atoms in total. The van der Waals surface area contributed by atoms with Crippen LogP contribution in [0.2, 0.25) is 0 Å². The van der Waals surface area contributed by atoms with Crippen molar-refractivity contribution >= 4 is 17.3 Å². The summed E-state index contributed by atoms with van der Waals surface area (Å²) in [4.78, 5) is 14.9. The summed E-state index contributed by atoms with van der Waals surface area (Å²) < 4.78 is 0. The first-order chi connectivity index (χ1) is 14.7. The smallest absolute Gasteiger partial charge is 0.224 e. The number of hydrogen-bond acceptors (Lipinski definition) is 3. The number of benzene rings is 2. The molecule has 0 saturated carbocycles. The second-order valence-corrected chi connectivity index (χ2v) is 9.73. The maximum Gasteiger partial charge on any atom is 0.224 e. The number of fused-ring (bicyclic) bond motifs is 1. The largest absolute Gasteiger partial charge is 0.360 e. The van der Waals surface area contributed by atoms with Crippen LogP contribution in [0.15, 0.2) is 48.5 Å². The van der Waals surface area contributed by atoms with Crippen LogP contribution in [0, 0.1) is 19.3 Å². The monoisotopic (exact) mass is 416 g/mol. The summed E-state index contributed by atoms with van der Waals surface area (Å²) in [6.45, 7) is 11.3. The lowest BCUT2D eigenvalue weighted by Crippen LogP contribution is -2.28. The molecule has 0 fully saturated rings. The van der Waals surface area contributed by atoms with Gasteiger partial charge in [0.25, 0.3) is 0 Å². The van der Waals surface area contributed by atoms with Crippen molar-refractivity contribution in [3.63, 3.8) is 0 Å². The molecule has 2 heterocycles. The summed E-state index contributed by atoms with van der Waals surface area (Å²) in [5.41, 5.74) is 7.97. The number of carbonyl (C=O) groups is 1. The molecule has 0 saturated heterocycles. The molecule has 0 spiro atoms. The Bertz CT molecular complexity index is 1060. The molecule has 4 rings (SSSR count). The van der Waals surface area contributed by atoms with E-state index in [0.29, 0.717) is 6.42 Å². The molecule has 31 heavy (non-hydrogen) atoms. The number of nitrogens with zero attached hydrogens (tertiary/aromatic N) is 2. The van der Waals surface area contributed by atoms with Crippen molar-refractivity contribution in [2.45, 2.75) is 53.5 Å². The van der Waals surface area contributed by atoms with Crippen molar-refractivity contribution in [1.29, 1.82) is 0 Å². The van der Waals surface area contributed by atoms with E-state index in [4.69, 9.17) is 0 Å². The Labute approximate surface area is 184 Å². The Morgan fingerprint density at radius 2 is 1.90 bits per heavy atom. The minimum atomic E-state index is -0.0270. The van der Waals surface area contributed by atoms with Crippen LogP contribution in [0.4, 0.5) is 11.4 Å². The van der Waals surface area contributed by atoms with Gasteiger partial charge < -0.3 is 10.2 Å². The number of hydrogen-bond donors (Lipinski definition) is 2. The third kappa shape index (κ3) is 4.50. The van der Waals surface area contributed by atoms with Crippen LogP contribution in [-0.4, -0.2) is 22.6 Å². The quantitative estimate of drug-likeness (QED) is 0.573. The Hall–Kier alpha value is -3.08. The second-order valence-electron chi connectivity index (χ2n) is 9.73. The van der Waals surface area contributed by atoms with E-state index >= 15 is 0 Å². The molecule has 3 aromatic rings. The first-order valence-electron chi connectivity index (χ1n) is 11.0. The summed E-state index contributed by atoms with van der Waals surface area (Å²) >= 11 is 0. The van der Waals surface area contributed by atoms with E-state index in [2.05, 4.69) is 97.5 Å². The van der Waals surface area contributed by atoms with Gasteiger partial charge in [-0.05, 0) is 55.0 Å². The number of aromatic nitrogens is 2. The van der Waals surface area contributed by atoms with Crippen molar-refractivity contribution in [2.75, 3.05) is 16.8 Å². The number of amides is 1. The lowest BCUT2D eigenvalue weighted by Gasteiger charge is -2.31. The zero-order valence-electron chi connectivity index (χ0n) is 19.1. The van der Waals surface area contributed by atoms with Gasteiger partial charge in [0, 0.05) is 35.6 Å². The van der Waals surface area contributed by atoms with Gasteiger partial charge in [-0.3, -0.25) is 9.89 Å². The van der Waals surface area contributed by atoms with Crippen molar-refractivity contribution < 1.29 is 4.79 Å². The van der Waals surface area contributed by atoms with E-state index in [1.807, 2.05) is 6.07 Å². The molecule has 162 valence electrons. The van der Waals surface area contributed by atoms with E-state index in [0.717, 1.165) is 30.0 Å². The molecule has 1 aliphatic rings. The molecular formula is C26H32N4O. The van der Waals surface area contributed by atoms with E-state index < -0.39 is 0 Å². The lowest BCUT2D eigenvalue weighted by atomic mass is 9.92. The Morgan fingerprint density at radius 3 is 2.55 bits per heavy atom. The van der Waals surface area contributed by atoms with Crippen molar-refractivity contribution in [3.8, 4) is 0 Å². The van der Waals surface area contributed by atoms with E-state index in [-0.39, 0.29) is 17.4 Å². The van der Waals surface area contributed by atoms with E-state index in [1.165, 1.54) is 22.4 Å². The highest BCUT2D eigenvalue weighted by molar-refractivity contribution is 5.91. The van der Waals surface area contributed by atoms with Gasteiger partial charge in [0.2, 0.25) is 5.91 Å². The Kier molecular flexibility index (Phi) is 5.61. The standard InChI is InChI=1S/C26H32N4O/c1-17-24(18(2)29-28-17)25(19-9-7-6-8-10-19)30-14-13-20-15-21(11-12-22(20)30)27-23(31)16-26(3,4)5/h6-12,15,25H,13-14,16H2,1-5H3,(H,27,31)(H,28,29). The number of carbonyl (C=O) groups excluding carboxylic acids is 1. The summed E-state index contributed by atoms with van der Waals surface area (Å²) in [6.07, 6.45) is 1.46. The third-order valence-corrected chi connectivity index (χ3v) is 5.87. The fourth-order valence-corrected chi connectivity index (χ4v) is 4.56. The molecule has 5 heteroatoms. The number of rotatable bonds is 5. The van der Waals surface area contributed by atoms with Gasteiger partial charge in [0.05, 0.1) is 11.7 Å². The minimum Gasteiger partial charge on any atom is -0.360 e. The Balaban J connectivity index is 1.66. The molecule has 1 aromatic heterocycles. The normalized spacial score (nSPS) is 14.4. The summed E-state index contributed by atoms with van der Waals surface area (Å²) in [6, 6.07) is 17.0. The van der Waals surface area contributed by atoms with Gasteiger partial charge in [-0.25, -0.2) is 0 Å². The molecular weight excluding hydrogens is 384 g/mol. The number of anilines is 2. The predicted molar refractivity (Wildman–Crippen MR) is 127 cm³/mol. The highest BCUT2D eigenvalue weighted by Gasteiger charge is 2.31. The van der Waals surface area contributed by atoms with Gasteiger partial charge in [0.15, 0.2) is 0 Å². The SMILES string of the molecule is Cc1n[nH]c(C)c1C(c1ccccc1)N1CCc2cc(NC(=O)CC(C)(C)C)ccc21. The van der Waals surface area contributed by atoms with Crippen molar-refractivity contribution in [3.05, 3.63) is 76.6 Å². The number of H-pyrrole nitrogens is 1. The molecule has 2 aromatic carbocycles. The average Bonchev–Trinajstić information content (AvgIpc) is 3.26. The molecule has 2 N–H and O–H groups in total. The molecule has 0 bridgehead atoms. The van der Waals surface area contributed by atoms with Crippen LogP contribution >= 0.6 is 0 Å². The first kappa shape index (κ1) is 21.2. The molecule has 1 amide bonds. The van der Waals surface area contributed by atoms with E-state index in [1.54, 1.807) is 0 Å². The molecule has 1 aliphatic heterocycles. The topological polar surface area (TPSA) is 61.0 Å². The van der Waals surface area contributed by atoms with Crippen LogP contribution in [-0.2, 0) is 11.2 Å². The maximum atomic E-state index is 12.4. The highest BCUT2D eigenvalue weighted by Crippen LogP contribution is 2.41. The molecule has 0 radical (unpaired) electrons. The van der Waals surface area contributed by atoms with Crippen LogP contribution in [0.3, 0.4) is 0 Å². The zero-order valence-corrected chi connectivity index (χ0v) is 19.1. The van der Waals surface area contributed by atoms with Gasteiger partial charge >= 0.3 is 0 Å². The average molecular weight is 417 g/mol. The zero-order chi connectivity index (χ0) is 22.2. The van der Waals surface area contributed by atoms with Gasteiger partial charge in [-0.1, -0.05) is 51.1 Å².